The van der Waals surface area contributed by atoms with Gasteiger partial charge in [-0.05, 0) is 30.5 Å². The first-order valence-electron chi connectivity index (χ1n) is 7.33. The number of fused-ring (bicyclic) bond motifs is 1. The number of rotatable bonds is 4. The summed E-state index contributed by atoms with van der Waals surface area (Å²) in [4.78, 5) is 4.64. The van der Waals surface area contributed by atoms with Gasteiger partial charge in [0.05, 0.1) is 23.9 Å². The quantitative estimate of drug-likeness (QED) is 0.728. The summed E-state index contributed by atoms with van der Waals surface area (Å²) < 4.78 is 2.03. The molecule has 0 spiro atoms. The molecular formula is C19H17N3. The average Bonchev–Trinajstić information content (AvgIpc) is 2.86. The molecule has 0 saturated carbocycles. The van der Waals surface area contributed by atoms with Gasteiger partial charge < -0.3 is 4.40 Å². The number of pyridine rings is 1. The summed E-state index contributed by atoms with van der Waals surface area (Å²) in [5.74, 6) is 0. The molecule has 108 valence electrons. The van der Waals surface area contributed by atoms with Crippen LogP contribution in [-0.4, -0.2) is 9.38 Å². The first-order chi connectivity index (χ1) is 10.8. The van der Waals surface area contributed by atoms with E-state index in [1.165, 1.54) is 11.1 Å². The van der Waals surface area contributed by atoms with Crippen molar-refractivity contribution in [3.8, 4) is 6.07 Å². The Bertz CT molecular complexity index is 852. The molecule has 0 fully saturated rings. The van der Waals surface area contributed by atoms with E-state index in [-0.39, 0.29) is 0 Å². The lowest BCUT2D eigenvalue weighted by atomic mass is 10.1. The third kappa shape index (κ3) is 2.77. The molecule has 0 aliphatic carbocycles. The number of allylic oxidation sites excluding steroid dienone is 1. The van der Waals surface area contributed by atoms with Crippen molar-refractivity contribution in [1.29, 1.82) is 5.26 Å². The summed E-state index contributed by atoms with van der Waals surface area (Å²) in [6.45, 7) is 1.96. The van der Waals surface area contributed by atoms with Gasteiger partial charge in [0, 0.05) is 6.20 Å². The number of hydrogen-bond donors (Lipinski definition) is 0. The van der Waals surface area contributed by atoms with Gasteiger partial charge in [-0.25, -0.2) is 4.98 Å². The van der Waals surface area contributed by atoms with E-state index in [1.54, 1.807) is 0 Å². The van der Waals surface area contributed by atoms with Gasteiger partial charge in [0.25, 0.3) is 0 Å². The predicted molar refractivity (Wildman–Crippen MR) is 88.4 cm³/mol. The minimum Gasteiger partial charge on any atom is -0.303 e. The molecule has 22 heavy (non-hydrogen) atoms. The molecule has 3 heteroatoms. The highest BCUT2D eigenvalue weighted by atomic mass is 15.0. The second-order valence-corrected chi connectivity index (χ2v) is 5.22. The van der Waals surface area contributed by atoms with Gasteiger partial charge in [0.15, 0.2) is 0 Å². The first-order valence-corrected chi connectivity index (χ1v) is 7.33. The van der Waals surface area contributed by atoms with E-state index in [9.17, 15) is 0 Å². The minimum atomic E-state index is 0.385. The van der Waals surface area contributed by atoms with Crippen LogP contribution in [0.5, 0.6) is 0 Å². The molecule has 3 aromatic rings. The number of benzene rings is 1. The number of aromatic nitrogens is 2. The summed E-state index contributed by atoms with van der Waals surface area (Å²) in [6, 6.07) is 16.6. The van der Waals surface area contributed by atoms with Crippen LogP contribution in [0.3, 0.4) is 0 Å². The number of hydrogen-bond acceptors (Lipinski definition) is 2. The Morgan fingerprint density at radius 3 is 2.77 bits per heavy atom. The van der Waals surface area contributed by atoms with E-state index in [1.807, 2.05) is 41.8 Å². The van der Waals surface area contributed by atoms with Crippen molar-refractivity contribution < 1.29 is 0 Å². The van der Waals surface area contributed by atoms with Crippen molar-refractivity contribution in [3.63, 3.8) is 0 Å². The Kier molecular flexibility index (Phi) is 4.02. The highest BCUT2D eigenvalue weighted by molar-refractivity contribution is 5.55. The topological polar surface area (TPSA) is 41.1 Å². The van der Waals surface area contributed by atoms with Crippen LogP contribution in [0.2, 0.25) is 0 Å². The van der Waals surface area contributed by atoms with Crippen LogP contribution in [0, 0.1) is 18.3 Å². The maximum atomic E-state index is 8.96. The molecule has 3 nitrogen and oxygen atoms in total. The van der Waals surface area contributed by atoms with Crippen molar-refractivity contribution in [2.45, 2.75) is 19.8 Å². The maximum absolute atomic E-state index is 8.96. The minimum absolute atomic E-state index is 0.385. The molecule has 0 aliphatic rings. The van der Waals surface area contributed by atoms with E-state index in [0.29, 0.717) is 6.42 Å². The predicted octanol–water partition coefficient (Wildman–Crippen LogP) is 3.96. The Balaban J connectivity index is 1.90. The summed E-state index contributed by atoms with van der Waals surface area (Å²) in [5, 5.41) is 8.96. The largest absolute Gasteiger partial charge is 0.303 e. The molecule has 0 N–H and O–H groups in total. The SMILES string of the molecule is Cc1nc2c(C/C=C/c3ccccc3)cccn2c1CC#N. The fraction of sp³-hybridized carbons (Fsp3) is 0.158. The van der Waals surface area contributed by atoms with Crippen molar-refractivity contribution in [3.05, 3.63) is 77.3 Å². The van der Waals surface area contributed by atoms with Gasteiger partial charge in [-0.1, -0.05) is 48.6 Å². The van der Waals surface area contributed by atoms with Crippen LogP contribution in [-0.2, 0) is 12.8 Å². The fourth-order valence-corrected chi connectivity index (χ4v) is 2.62. The summed E-state index contributed by atoms with van der Waals surface area (Å²) in [7, 11) is 0. The molecule has 2 heterocycles. The van der Waals surface area contributed by atoms with Gasteiger partial charge in [0.2, 0.25) is 0 Å². The first kappa shape index (κ1) is 14.1. The van der Waals surface area contributed by atoms with Crippen molar-refractivity contribution in [2.75, 3.05) is 0 Å². The third-order valence-corrected chi connectivity index (χ3v) is 3.72. The third-order valence-electron chi connectivity index (χ3n) is 3.72. The van der Waals surface area contributed by atoms with E-state index in [0.717, 1.165) is 23.5 Å². The normalized spacial score (nSPS) is 11.1. The highest BCUT2D eigenvalue weighted by Crippen LogP contribution is 2.17. The Hall–Kier alpha value is -2.86. The average molecular weight is 287 g/mol. The molecule has 0 amide bonds. The molecule has 1 aromatic carbocycles. The maximum Gasteiger partial charge on any atom is 0.140 e. The smallest absolute Gasteiger partial charge is 0.140 e. The van der Waals surface area contributed by atoms with Crippen LogP contribution in [0.1, 0.15) is 22.5 Å². The summed E-state index contributed by atoms with van der Waals surface area (Å²) in [6.07, 6.45) is 7.46. The van der Waals surface area contributed by atoms with Gasteiger partial charge in [-0.2, -0.15) is 5.26 Å². The molecule has 0 atom stereocenters. The van der Waals surface area contributed by atoms with Crippen molar-refractivity contribution in [2.24, 2.45) is 0 Å². The van der Waals surface area contributed by atoms with Crippen LogP contribution in [0.25, 0.3) is 11.7 Å². The van der Waals surface area contributed by atoms with Crippen molar-refractivity contribution in [1.82, 2.24) is 9.38 Å². The van der Waals surface area contributed by atoms with Crippen LogP contribution >= 0.6 is 0 Å². The number of nitrogens with zero attached hydrogens (tertiary/aromatic N) is 3. The summed E-state index contributed by atoms with van der Waals surface area (Å²) >= 11 is 0. The lowest BCUT2D eigenvalue weighted by molar-refractivity contribution is 1.03. The molecule has 0 radical (unpaired) electrons. The van der Waals surface area contributed by atoms with Crippen molar-refractivity contribution >= 4 is 11.7 Å². The molecule has 0 aliphatic heterocycles. The van der Waals surface area contributed by atoms with Crippen LogP contribution in [0.15, 0.2) is 54.7 Å². The molecule has 3 rings (SSSR count). The monoisotopic (exact) mass is 287 g/mol. The van der Waals surface area contributed by atoms with E-state index >= 15 is 0 Å². The van der Waals surface area contributed by atoms with Gasteiger partial charge in [0.1, 0.15) is 5.65 Å². The van der Waals surface area contributed by atoms with E-state index < -0.39 is 0 Å². The molecule has 0 unspecified atom stereocenters. The standard InChI is InChI=1S/C19H17N3/c1-15-18(12-13-20)22-14-6-11-17(19(22)21-15)10-5-9-16-7-3-2-4-8-16/h2-9,11,14H,10,12H2,1H3/b9-5+. The zero-order valence-corrected chi connectivity index (χ0v) is 12.5. The Morgan fingerprint density at radius 1 is 1.18 bits per heavy atom. The number of aryl methyl sites for hydroxylation is 1. The van der Waals surface area contributed by atoms with Gasteiger partial charge in [-0.15, -0.1) is 0 Å². The number of imidazole rings is 1. The zero-order valence-electron chi connectivity index (χ0n) is 12.5. The highest BCUT2D eigenvalue weighted by Gasteiger charge is 2.10. The number of nitriles is 1. The second-order valence-electron chi connectivity index (χ2n) is 5.22. The molecule has 0 bridgehead atoms. The fourth-order valence-electron chi connectivity index (χ4n) is 2.62. The van der Waals surface area contributed by atoms with E-state index in [2.05, 4.69) is 41.4 Å². The Morgan fingerprint density at radius 2 is 2.00 bits per heavy atom. The summed E-state index contributed by atoms with van der Waals surface area (Å²) in [5.41, 5.74) is 5.22. The van der Waals surface area contributed by atoms with Gasteiger partial charge >= 0.3 is 0 Å². The van der Waals surface area contributed by atoms with E-state index in [4.69, 9.17) is 5.26 Å². The molecular weight excluding hydrogens is 270 g/mol. The van der Waals surface area contributed by atoms with Crippen LogP contribution < -0.4 is 0 Å². The lowest BCUT2D eigenvalue weighted by Gasteiger charge is -2.02. The second kappa shape index (κ2) is 6.28. The molecule has 0 saturated heterocycles. The zero-order chi connectivity index (χ0) is 15.4. The van der Waals surface area contributed by atoms with Crippen LogP contribution in [0.4, 0.5) is 0 Å². The Labute approximate surface area is 130 Å². The molecule has 2 aromatic heterocycles. The van der Waals surface area contributed by atoms with Gasteiger partial charge in [-0.3, -0.25) is 0 Å². The lowest BCUT2D eigenvalue weighted by Crippen LogP contribution is -1.95.